The second-order valence-electron chi connectivity index (χ2n) is 7.07. The van der Waals surface area contributed by atoms with Crippen molar-refractivity contribution in [2.75, 3.05) is 4.90 Å². The third-order valence-electron chi connectivity index (χ3n) is 5.04. The van der Waals surface area contributed by atoms with Crippen molar-refractivity contribution in [3.8, 4) is 5.69 Å². The van der Waals surface area contributed by atoms with E-state index in [9.17, 15) is 14.4 Å². The van der Waals surface area contributed by atoms with Crippen molar-refractivity contribution in [2.45, 2.75) is 13.8 Å². The molecule has 1 aliphatic heterocycles. The largest absolute Gasteiger partial charge is 0.335 e. The molecule has 1 aromatic heterocycles. The molecule has 4 rings (SSSR count). The monoisotopic (exact) mass is 545 g/mol. The van der Waals surface area contributed by atoms with E-state index in [1.807, 2.05) is 44.2 Å². The molecule has 156 valence electrons. The van der Waals surface area contributed by atoms with Crippen LogP contribution >= 0.6 is 34.2 Å². The maximum absolute atomic E-state index is 13.1. The Bertz CT molecular complexity index is 1240. The number of rotatable bonds is 3. The Hall–Kier alpha value is -2.91. The number of carbonyl (C=O) groups is 3. The first-order valence-electron chi connectivity index (χ1n) is 9.38. The van der Waals surface area contributed by atoms with Crippen LogP contribution in [0.1, 0.15) is 17.0 Å². The molecule has 4 amide bonds. The van der Waals surface area contributed by atoms with E-state index in [-0.39, 0.29) is 5.57 Å². The van der Waals surface area contributed by atoms with E-state index < -0.39 is 17.8 Å². The third-order valence-corrected chi connectivity index (χ3v) is 6.01. The predicted octanol–water partition coefficient (Wildman–Crippen LogP) is 5.02. The van der Waals surface area contributed by atoms with E-state index in [2.05, 4.69) is 32.5 Å². The molecule has 8 heteroatoms. The fourth-order valence-corrected chi connectivity index (χ4v) is 4.04. The summed E-state index contributed by atoms with van der Waals surface area (Å²) in [5, 5.41) is 2.72. The van der Waals surface area contributed by atoms with Gasteiger partial charge in [-0.3, -0.25) is 14.9 Å². The lowest BCUT2D eigenvalue weighted by Crippen LogP contribution is -2.54. The molecule has 6 nitrogen and oxygen atoms in total. The van der Waals surface area contributed by atoms with Gasteiger partial charge in [0, 0.05) is 25.7 Å². The van der Waals surface area contributed by atoms with Gasteiger partial charge >= 0.3 is 6.03 Å². The highest BCUT2D eigenvalue weighted by Gasteiger charge is 2.37. The molecule has 1 fully saturated rings. The van der Waals surface area contributed by atoms with Crippen molar-refractivity contribution in [1.29, 1.82) is 0 Å². The van der Waals surface area contributed by atoms with Crippen molar-refractivity contribution in [3.63, 3.8) is 0 Å². The van der Waals surface area contributed by atoms with Crippen LogP contribution in [0.3, 0.4) is 0 Å². The Kier molecular flexibility index (Phi) is 5.72. The molecule has 2 aromatic carbocycles. The molecule has 1 saturated heterocycles. The zero-order chi connectivity index (χ0) is 22.3. The molecule has 1 aliphatic rings. The third kappa shape index (κ3) is 4.03. The SMILES string of the molecule is Cc1cc(C=C2C(=O)NC(=O)N(c3ccc(Cl)cc3)C2=O)c(C)n1-c1ccc(I)cc1. The standard InChI is InChI=1S/C23H17ClIN3O3/c1-13-11-15(14(2)27(13)18-9-5-17(25)6-10-18)12-20-21(29)26-23(31)28(22(20)30)19-7-3-16(24)4-8-19/h3-12H,1-2H3,(H,26,29,31). The Morgan fingerprint density at radius 2 is 1.55 bits per heavy atom. The molecule has 0 spiro atoms. The second-order valence-corrected chi connectivity index (χ2v) is 8.75. The van der Waals surface area contributed by atoms with Gasteiger partial charge in [0.2, 0.25) is 0 Å². The van der Waals surface area contributed by atoms with E-state index in [1.165, 1.54) is 6.08 Å². The highest BCUT2D eigenvalue weighted by molar-refractivity contribution is 14.1. The van der Waals surface area contributed by atoms with Gasteiger partial charge in [-0.1, -0.05) is 11.6 Å². The summed E-state index contributed by atoms with van der Waals surface area (Å²) in [6.45, 7) is 3.88. The molecular formula is C23H17ClIN3O3. The summed E-state index contributed by atoms with van der Waals surface area (Å²) in [4.78, 5) is 38.8. The molecule has 0 unspecified atom stereocenters. The number of benzene rings is 2. The van der Waals surface area contributed by atoms with Crippen LogP contribution in [-0.2, 0) is 9.59 Å². The van der Waals surface area contributed by atoms with Crippen molar-refractivity contribution in [1.82, 2.24) is 9.88 Å². The number of urea groups is 1. The van der Waals surface area contributed by atoms with Crippen molar-refractivity contribution < 1.29 is 14.4 Å². The van der Waals surface area contributed by atoms with Gasteiger partial charge < -0.3 is 4.57 Å². The quantitative estimate of drug-likeness (QED) is 0.286. The molecule has 0 saturated carbocycles. The van der Waals surface area contributed by atoms with Gasteiger partial charge in [0.1, 0.15) is 5.57 Å². The first-order chi connectivity index (χ1) is 14.8. The maximum atomic E-state index is 13.1. The normalized spacial score (nSPS) is 15.5. The van der Waals surface area contributed by atoms with Crippen LogP contribution in [0.5, 0.6) is 0 Å². The number of anilines is 1. The molecule has 0 aliphatic carbocycles. The lowest BCUT2D eigenvalue weighted by Gasteiger charge is -2.26. The Morgan fingerprint density at radius 3 is 2.19 bits per heavy atom. The van der Waals surface area contributed by atoms with Crippen LogP contribution in [0.4, 0.5) is 10.5 Å². The molecule has 2 heterocycles. The molecule has 0 radical (unpaired) electrons. The number of imide groups is 2. The molecule has 3 aromatic rings. The number of hydrogen-bond donors (Lipinski definition) is 1. The van der Waals surface area contributed by atoms with Crippen molar-refractivity contribution >= 4 is 63.8 Å². The van der Waals surface area contributed by atoms with Crippen molar-refractivity contribution in [2.24, 2.45) is 0 Å². The van der Waals surface area contributed by atoms with Crippen LogP contribution in [-0.4, -0.2) is 22.4 Å². The molecule has 31 heavy (non-hydrogen) atoms. The van der Waals surface area contributed by atoms with Gasteiger partial charge in [0.25, 0.3) is 11.8 Å². The first kappa shape index (κ1) is 21.3. The smallest absolute Gasteiger partial charge is 0.318 e. The van der Waals surface area contributed by atoms with E-state index in [4.69, 9.17) is 11.6 Å². The van der Waals surface area contributed by atoms with E-state index >= 15 is 0 Å². The minimum absolute atomic E-state index is 0.114. The zero-order valence-electron chi connectivity index (χ0n) is 16.6. The van der Waals surface area contributed by atoms with Gasteiger partial charge in [-0.05, 0) is 103 Å². The molecule has 0 bridgehead atoms. The summed E-state index contributed by atoms with van der Waals surface area (Å²) in [5.74, 6) is -1.41. The summed E-state index contributed by atoms with van der Waals surface area (Å²) in [6, 6.07) is 15.4. The van der Waals surface area contributed by atoms with Gasteiger partial charge in [0.15, 0.2) is 0 Å². The average Bonchev–Trinajstić information content (AvgIpc) is 3.00. The van der Waals surface area contributed by atoms with E-state index in [0.29, 0.717) is 10.7 Å². The Morgan fingerprint density at radius 1 is 0.935 bits per heavy atom. The maximum Gasteiger partial charge on any atom is 0.335 e. The number of carbonyl (C=O) groups excluding carboxylic acids is 3. The molecule has 0 atom stereocenters. The number of halogens is 2. The van der Waals surface area contributed by atoms with Crippen LogP contribution < -0.4 is 10.2 Å². The van der Waals surface area contributed by atoms with Crippen LogP contribution in [0.25, 0.3) is 11.8 Å². The van der Waals surface area contributed by atoms with Gasteiger partial charge in [-0.15, -0.1) is 0 Å². The highest BCUT2D eigenvalue weighted by Crippen LogP contribution is 2.27. The topological polar surface area (TPSA) is 71.4 Å². The number of hydrogen-bond acceptors (Lipinski definition) is 3. The van der Waals surface area contributed by atoms with Gasteiger partial charge in [-0.25, -0.2) is 9.69 Å². The first-order valence-corrected chi connectivity index (χ1v) is 10.8. The lowest BCUT2D eigenvalue weighted by molar-refractivity contribution is -0.122. The fourth-order valence-electron chi connectivity index (χ4n) is 3.56. The average molecular weight is 546 g/mol. The van der Waals surface area contributed by atoms with Crippen LogP contribution in [0.2, 0.25) is 5.02 Å². The van der Waals surface area contributed by atoms with Gasteiger partial charge in [0.05, 0.1) is 5.69 Å². The molecule has 1 N–H and O–H groups in total. The number of aromatic nitrogens is 1. The molecular weight excluding hydrogens is 529 g/mol. The number of aryl methyl sites for hydroxylation is 1. The second kappa shape index (κ2) is 8.32. The Labute approximate surface area is 197 Å². The minimum atomic E-state index is -0.793. The zero-order valence-corrected chi connectivity index (χ0v) is 19.6. The van der Waals surface area contributed by atoms with Crippen LogP contribution in [0, 0.1) is 17.4 Å². The van der Waals surface area contributed by atoms with Crippen molar-refractivity contribution in [3.05, 3.63) is 85.7 Å². The predicted molar refractivity (Wildman–Crippen MR) is 128 cm³/mol. The summed E-state index contributed by atoms with van der Waals surface area (Å²) < 4.78 is 3.18. The summed E-state index contributed by atoms with van der Waals surface area (Å²) in [6.07, 6.45) is 1.53. The summed E-state index contributed by atoms with van der Waals surface area (Å²) in [5.41, 5.74) is 3.76. The number of amides is 4. The highest BCUT2D eigenvalue weighted by atomic mass is 127. The van der Waals surface area contributed by atoms with Crippen LogP contribution in [0.15, 0.2) is 60.2 Å². The summed E-state index contributed by atoms with van der Waals surface area (Å²) >= 11 is 8.15. The minimum Gasteiger partial charge on any atom is -0.318 e. The van der Waals surface area contributed by atoms with E-state index in [0.717, 1.165) is 31.1 Å². The lowest BCUT2D eigenvalue weighted by atomic mass is 10.1. The number of nitrogens with one attached hydrogen (secondary N) is 1. The van der Waals surface area contributed by atoms with Gasteiger partial charge in [-0.2, -0.15) is 0 Å². The Balaban J connectivity index is 1.75. The number of barbiturate groups is 1. The van der Waals surface area contributed by atoms with E-state index in [1.54, 1.807) is 24.3 Å². The number of nitrogens with zero attached hydrogens (tertiary/aromatic N) is 2. The fraction of sp³-hybridized carbons (Fsp3) is 0.0870. The summed E-state index contributed by atoms with van der Waals surface area (Å²) in [7, 11) is 0.